The number of carbonyl (C=O) groups is 3. The summed E-state index contributed by atoms with van der Waals surface area (Å²) >= 11 is 1.08. The highest BCUT2D eigenvalue weighted by atomic mass is 32.2. The third-order valence-corrected chi connectivity index (χ3v) is 4.70. The molecule has 1 N–H and O–H groups in total. The molecule has 124 valence electrons. The molecular formula is C16H18FNO4S. The third kappa shape index (κ3) is 5.06. The lowest BCUT2D eigenvalue weighted by Crippen LogP contribution is -2.41. The molecule has 5 nitrogen and oxygen atoms in total. The zero-order chi connectivity index (χ0) is 16.8. The molecule has 0 atom stereocenters. The van der Waals surface area contributed by atoms with Crippen molar-refractivity contribution in [2.75, 3.05) is 24.6 Å². The number of carbonyl (C=O) groups excluding carboxylic acids is 2. The van der Waals surface area contributed by atoms with Crippen molar-refractivity contribution in [1.82, 2.24) is 4.90 Å². The van der Waals surface area contributed by atoms with E-state index < -0.39 is 5.97 Å². The second-order valence-corrected chi connectivity index (χ2v) is 6.40. The Balaban J connectivity index is 1.81. The molecule has 0 saturated carbocycles. The molecule has 0 radical (unpaired) electrons. The van der Waals surface area contributed by atoms with Gasteiger partial charge in [0, 0.05) is 24.6 Å². The molecule has 1 saturated heterocycles. The Labute approximate surface area is 137 Å². The smallest absolute Gasteiger partial charge is 0.313 e. The number of Topliss-reactive ketones (excluding diaryl/α,β-unsaturated/α-hetero) is 1. The second kappa shape index (κ2) is 8.10. The fourth-order valence-corrected chi connectivity index (χ4v) is 3.19. The van der Waals surface area contributed by atoms with Crippen molar-refractivity contribution in [2.45, 2.75) is 12.8 Å². The van der Waals surface area contributed by atoms with E-state index in [-0.39, 0.29) is 34.9 Å². The lowest BCUT2D eigenvalue weighted by atomic mass is 9.89. The molecule has 1 amide bonds. The van der Waals surface area contributed by atoms with Crippen LogP contribution in [-0.4, -0.2) is 52.3 Å². The average Bonchev–Trinajstić information content (AvgIpc) is 2.54. The van der Waals surface area contributed by atoms with E-state index in [1.807, 2.05) is 0 Å². The molecule has 1 aliphatic heterocycles. The van der Waals surface area contributed by atoms with Crippen molar-refractivity contribution >= 4 is 29.4 Å². The first-order valence-electron chi connectivity index (χ1n) is 7.34. The summed E-state index contributed by atoms with van der Waals surface area (Å²) < 4.78 is 12.9. The Morgan fingerprint density at radius 3 is 2.30 bits per heavy atom. The van der Waals surface area contributed by atoms with Gasteiger partial charge in [0.2, 0.25) is 5.91 Å². The average molecular weight is 339 g/mol. The lowest BCUT2D eigenvalue weighted by molar-refractivity contribution is -0.133. The Kier molecular flexibility index (Phi) is 6.15. The molecule has 23 heavy (non-hydrogen) atoms. The number of amides is 1. The minimum Gasteiger partial charge on any atom is -0.481 e. The maximum Gasteiger partial charge on any atom is 0.313 e. The van der Waals surface area contributed by atoms with Gasteiger partial charge in [-0.05, 0) is 37.1 Å². The Hall–Kier alpha value is -1.89. The zero-order valence-corrected chi connectivity index (χ0v) is 13.4. The molecule has 1 aromatic carbocycles. The van der Waals surface area contributed by atoms with Gasteiger partial charge in [-0.2, -0.15) is 0 Å². The summed E-state index contributed by atoms with van der Waals surface area (Å²) in [6, 6.07) is 5.51. The zero-order valence-electron chi connectivity index (χ0n) is 12.5. The van der Waals surface area contributed by atoms with Crippen molar-refractivity contribution in [3.8, 4) is 0 Å². The van der Waals surface area contributed by atoms with Gasteiger partial charge in [-0.25, -0.2) is 4.39 Å². The predicted octanol–water partition coefficient (Wildman–Crippen LogP) is 2.06. The maximum atomic E-state index is 12.9. The Bertz CT molecular complexity index is 582. The van der Waals surface area contributed by atoms with Crippen LogP contribution >= 0.6 is 11.8 Å². The van der Waals surface area contributed by atoms with Crippen LogP contribution in [0.4, 0.5) is 4.39 Å². The predicted molar refractivity (Wildman–Crippen MR) is 85.0 cm³/mol. The Morgan fingerprint density at radius 2 is 1.74 bits per heavy atom. The van der Waals surface area contributed by atoms with Crippen LogP contribution in [0.2, 0.25) is 0 Å². The molecule has 0 spiro atoms. The van der Waals surface area contributed by atoms with Crippen LogP contribution in [0.3, 0.4) is 0 Å². The summed E-state index contributed by atoms with van der Waals surface area (Å²) in [6.45, 7) is 0.980. The fraction of sp³-hybridized carbons (Fsp3) is 0.438. The van der Waals surface area contributed by atoms with Crippen molar-refractivity contribution in [2.24, 2.45) is 5.92 Å². The summed E-state index contributed by atoms with van der Waals surface area (Å²) in [5.41, 5.74) is 0.494. The summed E-state index contributed by atoms with van der Waals surface area (Å²) in [5, 5.41) is 8.55. The number of piperidine rings is 1. The van der Waals surface area contributed by atoms with Gasteiger partial charge in [0.25, 0.3) is 0 Å². The van der Waals surface area contributed by atoms with Gasteiger partial charge < -0.3 is 10.0 Å². The highest BCUT2D eigenvalue weighted by molar-refractivity contribution is 8.00. The largest absolute Gasteiger partial charge is 0.481 e. The second-order valence-electron chi connectivity index (χ2n) is 5.41. The van der Waals surface area contributed by atoms with Crippen LogP contribution in [0.15, 0.2) is 24.3 Å². The van der Waals surface area contributed by atoms with Gasteiger partial charge in [-0.3, -0.25) is 14.4 Å². The van der Waals surface area contributed by atoms with E-state index >= 15 is 0 Å². The van der Waals surface area contributed by atoms with Gasteiger partial charge in [0.05, 0.1) is 11.5 Å². The molecule has 1 aromatic rings. The molecule has 1 heterocycles. The molecule has 0 bridgehead atoms. The number of thioether (sulfide) groups is 1. The highest BCUT2D eigenvalue weighted by Gasteiger charge is 2.27. The first-order valence-corrected chi connectivity index (χ1v) is 8.50. The summed E-state index contributed by atoms with van der Waals surface area (Å²) in [6.07, 6.45) is 1.15. The molecule has 0 unspecified atom stereocenters. The summed E-state index contributed by atoms with van der Waals surface area (Å²) in [4.78, 5) is 36.4. The summed E-state index contributed by atoms with van der Waals surface area (Å²) in [7, 11) is 0. The topological polar surface area (TPSA) is 74.7 Å². The molecular weight excluding hydrogens is 321 g/mol. The quantitative estimate of drug-likeness (QED) is 0.803. The normalized spacial score (nSPS) is 15.4. The van der Waals surface area contributed by atoms with E-state index in [4.69, 9.17) is 5.11 Å². The first kappa shape index (κ1) is 17.5. The molecule has 1 fully saturated rings. The van der Waals surface area contributed by atoms with E-state index in [9.17, 15) is 18.8 Å². The van der Waals surface area contributed by atoms with E-state index in [1.165, 1.54) is 24.3 Å². The molecule has 0 aliphatic carbocycles. The number of halogens is 1. The van der Waals surface area contributed by atoms with E-state index in [0.717, 1.165) is 11.8 Å². The lowest BCUT2D eigenvalue weighted by Gasteiger charge is -2.31. The fourth-order valence-electron chi connectivity index (χ4n) is 2.56. The molecule has 1 aliphatic rings. The van der Waals surface area contributed by atoms with Crippen LogP contribution in [0, 0.1) is 11.7 Å². The van der Waals surface area contributed by atoms with Crippen LogP contribution in [-0.2, 0) is 9.59 Å². The number of hydrogen-bond acceptors (Lipinski definition) is 4. The number of carboxylic acids is 1. The van der Waals surface area contributed by atoms with Crippen molar-refractivity contribution in [3.05, 3.63) is 35.6 Å². The number of aliphatic carboxylic acids is 1. The number of ketones is 1. The summed E-state index contributed by atoms with van der Waals surface area (Å²) in [5.74, 6) is -1.53. The minimum absolute atomic E-state index is 0.0163. The van der Waals surface area contributed by atoms with Crippen molar-refractivity contribution in [1.29, 1.82) is 0 Å². The van der Waals surface area contributed by atoms with Gasteiger partial charge in [0.15, 0.2) is 5.78 Å². The molecule has 0 aromatic heterocycles. The standard InChI is InChI=1S/C16H18FNO4S/c17-13-3-1-11(2-4-13)16(22)12-5-7-18(8-6-12)14(19)9-23-10-15(20)21/h1-4,12H,5-10H2,(H,20,21). The monoisotopic (exact) mass is 339 g/mol. The van der Waals surface area contributed by atoms with Gasteiger partial charge in [-0.15, -0.1) is 11.8 Å². The number of hydrogen-bond donors (Lipinski definition) is 1. The number of rotatable bonds is 6. The van der Waals surface area contributed by atoms with Gasteiger partial charge in [0.1, 0.15) is 5.82 Å². The minimum atomic E-state index is -0.939. The van der Waals surface area contributed by atoms with E-state index in [0.29, 0.717) is 31.5 Å². The third-order valence-electron chi connectivity index (χ3n) is 3.80. The van der Waals surface area contributed by atoms with Crippen LogP contribution < -0.4 is 0 Å². The maximum absolute atomic E-state index is 12.9. The number of likely N-dealkylation sites (tertiary alicyclic amines) is 1. The highest BCUT2D eigenvalue weighted by Crippen LogP contribution is 2.22. The van der Waals surface area contributed by atoms with Crippen LogP contribution in [0.1, 0.15) is 23.2 Å². The Morgan fingerprint density at radius 1 is 1.13 bits per heavy atom. The number of benzene rings is 1. The van der Waals surface area contributed by atoms with Crippen LogP contribution in [0.25, 0.3) is 0 Å². The number of nitrogens with zero attached hydrogens (tertiary/aromatic N) is 1. The molecule has 7 heteroatoms. The van der Waals surface area contributed by atoms with Gasteiger partial charge >= 0.3 is 5.97 Å². The number of carboxylic acid groups (broad SMARTS) is 1. The van der Waals surface area contributed by atoms with Crippen molar-refractivity contribution < 1.29 is 23.9 Å². The molecule has 2 rings (SSSR count). The van der Waals surface area contributed by atoms with E-state index in [1.54, 1.807) is 4.90 Å². The van der Waals surface area contributed by atoms with E-state index in [2.05, 4.69) is 0 Å². The first-order chi connectivity index (χ1) is 11.0. The van der Waals surface area contributed by atoms with Gasteiger partial charge in [-0.1, -0.05) is 0 Å². The van der Waals surface area contributed by atoms with Crippen LogP contribution in [0.5, 0.6) is 0 Å². The van der Waals surface area contributed by atoms with Crippen molar-refractivity contribution in [3.63, 3.8) is 0 Å². The SMILES string of the molecule is O=C(O)CSCC(=O)N1CCC(C(=O)c2ccc(F)cc2)CC1.